The molecule has 0 aliphatic carbocycles. The Morgan fingerprint density at radius 2 is 1.51 bits per heavy atom. The second-order valence-corrected chi connectivity index (χ2v) is 13.4. The van der Waals surface area contributed by atoms with Gasteiger partial charge in [0.25, 0.3) is 6.01 Å². The number of nitrogens with zero attached hydrogens (tertiary/aromatic N) is 3. The van der Waals surface area contributed by atoms with E-state index in [1.165, 1.54) is 12.5 Å². The van der Waals surface area contributed by atoms with Gasteiger partial charge >= 0.3 is 0 Å². The first-order valence-electron chi connectivity index (χ1n) is 11.7. The van der Waals surface area contributed by atoms with Gasteiger partial charge in [0.05, 0.1) is 9.79 Å². The molecule has 1 saturated heterocycles. The van der Waals surface area contributed by atoms with Crippen LogP contribution in [0.4, 0.5) is 17.4 Å². The lowest BCUT2D eigenvalue weighted by molar-refractivity contribution is 0.313. The first kappa shape index (κ1) is 25.2. The van der Waals surface area contributed by atoms with Gasteiger partial charge in [-0.3, -0.25) is 0 Å². The van der Waals surface area contributed by atoms with Crippen molar-refractivity contribution in [1.82, 2.24) is 9.88 Å². The molecule has 0 atom stereocenters. The average molecular weight is 541 g/mol. The summed E-state index contributed by atoms with van der Waals surface area (Å²) in [4.78, 5) is 9.42. The van der Waals surface area contributed by atoms with Gasteiger partial charge in [-0.2, -0.15) is 4.98 Å². The number of oxazole rings is 1. The van der Waals surface area contributed by atoms with Crippen LogP contribution in [-0.4, -0.2) is 72.5 Å². The van der Waals surface area contributed by atoms with Crippen LogP contribution < -0.4 is 10.2 Å². The molecule has 0 bridgehead atoms. The van der Waals surface area contributed by atoms with E-state index in [0.717, 1.165) is 43.0 Å². The minimum atomic E-state index is -3.44. The minimum absolute atomic E-state index is 0.217. The molecule has 3 aromatic carbocycles. The SMILES string of the molecule is CN1CCN(c2cc(Nc3nc4cccc(-c5ccc(S(C)(=O)=O)cc5)c4o3)cc(S(C)(=O)=O)c2)CC1. The van der Waals surface area contributed by atoms with E-state index in [4.69, 9.17) is 4.42 Å². The van der Waals surface area contributed by atoms with E-state index in [-0.39, 0.29) is 15.8 Å². The molecule has 4 aromatic rings. The Morgan fingerprint density at radius 1 is 0.838 bits per heavy atom. The molecular formula is C26H28N4O5S2. The van der Waals surface area contributed by atoms with Gasteiger partial charge in [0.2, 0.25) is 0 Å². The zero-order valence-electron chi connectivity index (χ0n) is 20.8. The molecule has 1 fully saturated rings. The predicted molar refractivity (Wildman–Crippen MR) is 145 cm³/mol. The second-order valence-electron chi connectivity index (χ2n) is 9.37. The van der Waals surface area contributed by atoms with E-state index in [1.807, 2.05) is 24.3 Å². The zero-order chi connectivity index (χ0) is 26.4. The zero-order valence-corrected chi connectivity index (χ0v) is 22.4. The molecule has 0 radical (unpaired) electrons. The van der Waals surface area contributed by atoms with Gasteiger partial charge in [-0.25, -0.2) is 16.8 Å². The number of para-hydroxylation sites is 1. The number of sulfone groups is 2. The third-order valence-electron chi connectivity index (χ3n) is 6.45. The van der Waals surface area contributed by atoms with Gasteiger partial charge < -0.3 is 19.5 Å². The van der Waals surface area contributed by atoms with Gasteiger partial charge in [0.1, 0.15) is 5.52 Å². The number of benzene rings is 3. The van der Waals surface area contributed by atoms with E-state index >= 15 is 0 Å². The number of hydrogen-bond donors (Lipinski definition) is 1. The first-order chi connectivity index (χ1) is 17.5. The third kappa shape index (κ3) is 5.48. The molecule has 2 heterocycles. The molecule has 5 rings (SSSR count). The lowest BCUT2D eigenvalue weighted by Gasteiger charge is -2.34. The molecule has 1 N–H and O–H groups in total. The van der Waals surface area contributed by atoms with Crippen molar-refractivity contribution in [2.24, 2.45) is 0 Å². The maximum Gasteiger partial charge on any atom is 0.300 e. The van der Waals surface area contributed by atoms with Crippen LogP contribution in [0.5, 0.6) is 0 Å². The van der Waals surface area contributed by atoms with Gasteiger partial charge in [-0.05, 0) is 49.0 Å². The van der Waals surface area contributed by atoms with Crippen LogP contribution >= 0.6 is 0 Å². The lowest BCUT2D eigenvalue weighted by Crippen LogP contribution is -2.44. The molecule has 11 heteroatoms. The van der Waals surface area contributed by atoms with Crippen LogP contribution in [-0.2, 0) is 19.7 Å². The Morgan fingerprint density at radius 3 is 2.16 bits per heavy atom. The van der Waals surface area contributed by atoms with E-state index in [1.54, 1.807) is 36.4 Å². The van der Waals surface area contributed by atoms with Gasteiger partial charge in [0.15, 0.2) is 25.3 Å². The van der Waals surface area contributed by atoms with Crippen LogP contribution in [0.3, 0.4) is 0 Å². The highest BCUT2D eigenvalue weighted by molar-refractivity contribution is 7.91. The number of piperazine rings is 1. The largest absolute Gasteiger partial charge is 0.423 e. The first-order valence-corrected chi connectivity index (χ1v) is 15.5. The third-order valence-corrected chi connectivity index (χ3v) is 8.67. The van der Waals surface area contributed by atoms with Gasteiger partial charge in [-0.1, -0.05) is 24.3 Å². The summed E-state index contributed by atoms with van der Waals surface area (Å²) in [6.45, 7) is 3.39. The molecule has 9 nitrogen and oxygen atoms in total. The minimum Gasteiger partial charge on any atom is -0.423 e. The van der Waals surface area contributed by atoms with Crippen molar-refractivity contribution >= 4 is 48.2 Å². The quantitative estimate of drug-likeness (QED) is 0.390. The van der Waals surface area contributed by atoms with E-state index in [9.17, 15) is 16.8 Å². The second kappa shape index (κ2) is 9.47. The van der Waals surface area contributed by atoms with Crippen LogP contribution in [0.15, 0.2) is 74.9 Å². The summed E-state index contributed by atoms with van der Waals surface area (Å²) in [7, 11) is -4.67. The maximum atomic E-state index is 12.4. The average Bonchev–Trinajstić information content (AvgIpc) is 3.26. The van der Waals surface area contributed by atoms with E-state index in [2.05, 4.69) is 27.1 Å². The fraction of sp³-hybridized carbons (Fsp3) is 0.269. The molecule has 194 valence electrons. The number of likely N-dealkylation sites (N-methyl/N-ethyl adjacent to an activating group) is 1. The van der Waals surface area contributed by atoms with Crippen molar-refractivity contribution in [2.45, 2.75) is 9.79 Å². The number of hydrogen-bond acceptors (Lipinski definition) is 9. The van der Waals surface area contributed by atoms with Crippen LogP contribution in [0.1, 0.15) is 0 Å². The standard InChI is InChI=1S/C26H28N4O5S2/c1-29-11-13-30(14-12-29)20-15-19(16-22(17-20)37(3,33)34)27-26-28-24-6-4-5-23(25(24)35-26)18-7-9-21(10-8-18)36(2,31)32/h4-10,15-17H,11-14H2,1-3H3,(H,27,28). The fourth-order valence-corrected chi connectivity index (χ4v) is 5.66. The number of nitrogens with one attached hydrogen (secondary N) is 1. The Bertz CT molecular complexity index is 1670. The molecule has 1 aromatic heterocycles. The van der Waals surface area contributed by atoms with Crippen LogP contribution in [0.2, 0.25) is 0 Å². The summed E-state index contributed by atoms with van der Waals surface area (Å²) in [5, 5.41) is 3.14. The predicted octanol–water partition coefficient (Wildman–Crippen LogP) is 3.80. The normalized spacial score (nSPS) is 15.3. The van der Waals surface area contributed by atoms with E-state index in [0.29, 0.717) is 16.8 Å². The maximum absolute atomic E-state index is 12.4. The van der Waals surface area contributed by atoms with Crippen molar-refractivity contribution < 1.29 is 21.3 Å². The highest BCUT2D eigenvalue weighted by atomic mass is 32.2. The number of anilines is 3. The molecule has 1 aliphatic rings. The Balaban J connectivity index is 1.50. The molecule has 37 heavy (non-hydrogen) atoms. The Labute approximate surface area is 216 Å². The summed E-state index contributed by atoms with van der Waals surface area (Å²) >= 11 is 0. The van der Waals surface area contributed by atoms with Gasteiger partial charge in [0, 0.05) is 55.6 Å². The number of aromatic nitrogens is 1. The van der Waals surface area contributed by atoms with Crippen molar-refractivity contribution in [2.75, 3.05) is 56.0 Å². The molecule has 0 spiro atoms. The van der Waals surface area contributed by atoms with Gasteiger partial charge in [-0.15, -0.1) is 0 Å². The monoisotopic (exact) mass is 540 g/mol. The van der Waals surface area contributed by atoms with Crippen molar-refractivity contribution in [3.63, 3.8) is 0 Å². The molecule has 0 saturated carbocycles. The fourth-order valence-electron chi connectivity index (χ4n) is 4.35. The summed E-state index contributed by atoms with van der Waals surface area (Å²) in [6, 6.07) is 17.6. The Kier molecular flexibility index (Phi) is 6.47. The molecule has 0 amide bonds. The van der Waals surface area contributed by atoms with Crippen molar-refractivity contribution in [1.29, 1.82) is 0 Å². The highest BCUT2D eigenvalue weighted by Gasteiger charge is 2.19. The molecule has 0 unspecified atom stereocenters. The summed E-state index contributed by atoms with van der Waals surface area (Å²) < 4.78 is 54.5. The number of rotatable bonds is 6. The van der Waals surface area contributed by atoms with E-state index < -0.39 is 19.7 Å². The smallest absolute Gasteiger partial charge is 0.300 e. The highest BCUT2D eigenvalue weighted by Crippen LogP contribution is 2.33. The summed E-state index contributed by atoms with van der Waals surface area (Å²) in [5.74, 6) is 0. The van der Waals surface area contributed by atoms with Crippen LogP contribution in [0, 0.1) is 0 Å². The number of fused-ring (bicyclic) bond motifs is 1. The topological polar surface area (TPSA) is 113 Å². The summed E-state index contributed by atoms with van der Waals surface area (Å²) in [6.07, 6.45) is 2.37. The van der Waals surface area contributed by atoms with Crippen LogP contribution in [0.25, 0.3) is 22.2 Å². The lowest BCUT2D eigenvalue weighted by atomic mass is 10.1. The van der Waals surface area contributed by atoms with Crippen molar-refractivity contribution in [3.8, 4) is 11.1 Å². The van der Waals surface area contributed by atoms with Crippen molar-refractivity contribution in [3.05, 3.63) is 60.7 Å². The summed E-state index contributed by atoms with van der Waals surface area (Å²) in [5.41, 5.74) is 4.09. The molecule has 1 aliphatic heterocycles. The Hall–Kier alpha value is -3.41. The molecular weight excluding hydrogens is 512 g/mol.